The van der Waals surface area contributed by atoms with Gasteiger partial charge in [-0.2, -0.15) is 0 Å². The van der Waals surface area contributed by atoms with Gasteiger partial charge in [0.05, 0.1) is 10.0 Å². The zero-order valence-electron chi connectivity index (χ0n) is 11.7. The monoisotopic (exact) mass is 454 g/mol. The number of benzene rings is 2. The summed E-state index contributed by atoms with van der Waals surface area (Å²) in [6.07, 6.45) is 1.52. The highest BCUT2D eigenvalue weighted by atomic mass is 79.9. The first kappa shape index (κ1) is 18.8. The lowest BCUT2D eigenvalue weighted by atomic mass is 10.2. The largest absolute Gasteiger partial charge is 0.489 e. The first-order valence-corrected chi connectivity index (χ1v) is 8.76. The Morgan fingerprint density at radius 1 is 1.00 bits per heavy atom. The van der Waals surface area contributed by atoms with E-state index in [-0.39, 0.29) is 11.1 Å². The molecule has 0 atom stereocenters. The van der Waals surface area contributed by atoms with E-state index in [1.165, 1.54) is 6.08 Å². The molecular weight excluding hydrogens is 446 g/mol. The molecule has 0 unspecified atom stereocenters. The molecule has 0 radical (unpaired) electrons. The highest BCUT2D eigenvalue weighted by Crippen LogP contribution is 2.37. The standard InChI is InChI=1S/C16H11BrCl4O2/c17-11-3-1-10(2-4-11)9-23-16-13(18)7-12(8-14(16)19)22-6-5-15(20)21/h1-5,7-8H,6,9H2. The van der Waals surface area contributed by atoms with Crippen LogP contribution in [0.5, 0.6) is 11.5 Å². The fourth-order valence-electron chi connectivity index (χ4n) is 1.69. The molecule has 2 aromatic carbocycles. The maximum Gasteiger partial charge on any atom is 0.157 e. The first-order chi connectivity index (χ1) is 11.0. The van der Waals surface area contributed by atoms with Crippen molar-refractivity contribution in [1.82, 2.24) is 0 Å². The Balaban J connectivity index is 2.04. The molecule has 0 heterocycles. The molecule has 0 N–H and O–H groups in total. The Kier molecular flexibility index (Phi) is 7.38. The second kappa shape index (κ2) is 9.05. The van der Waals surface area contributed by atoms with Crippen LogP contribution in [0.3, 0.4) is 0 Å². The molecule has 2 aromatic rings. The third-order valence-electron chi connectivity index (χ3n) is 2.76. The molecule has 0 aliphatic rings. The molecule has 0 fully saturated rings. The van der Waals surface area contributed by atoms with E-state index >= 15 is 0 Å². The van der Waals surface area contributed by atoms with E-state index in [9.17, 15) is 0 Å². The Morgan fingerprint density at radius 3 is 2.17 bits per heavy atom. The second-order valence-corrected chi connectivity index (χ2v) is 7.17. The first-order valence-electron chi connectivity index (χ1n) is 6.46. The zero-order chi connectivity index (χ0) is 16.8. The minimum absolute atomic E-state index is 0.136. The van der Waals surface area contributed by atoms with Crippen LogP contribution >= 0.6 is 62.3 Å². The number of halogens is 5. The topological polar surface area (TPSA) is 18.5 Å². The van der Waals surface area contributed by atoms with Gasteiger partial charge in [0, 0.05) is 16.6 Å². The van der Waals surface area contributed by atoms with E-state index in [0.29, 0.717) is 28.2 Å². The van der Waals surface area contributed by atoms with Gasteiger partial charge in [0.25, 0.3) is 0 Å². The molecule has 0 aliphatic carbocycles. The van der Waals surface area contributed by atoms with Crippen molar-refractivity contribution in [3.8, 4) is 11.5 Å². The summed E-state index contributed by atoms with van der Waals surface area (Å²) in [7, 11) is 0. The van der Waals surface area contributed by atoms with Crippen LogP contribution in [0.2, 0.25) is 10.0 Å². The van der Waals surface area contributed by atoms with Gasteiger partial charge in [0.2, 0.25) is 0 Å². The Morgan fingerprint density at radius 2 is 1.61 bits per heavy atom. The van der Waals surface area contributed by atoms with Crippen LogP contribution in [0.25, 0.3) is 0 Å². The van der Waals surface area contributed by atoms with Gasteiger partial charge in [-0.1, -0.05) is 74.5 Å². The van der Waals surface area contributed by atoms with Crippen LogP contribution < -0.4 is 9.47 Å². The fraction of sp³-hybridized carbons (Fsp3) is 0.125. The van der Waals surface area contributed by atoms with Crippen molar-refractivity contribution in [3.05, 3.63) is 67.0 Å². The SMILES string of the molecule is ClC(Cl)=CCOc1cc(Cl)c(OCc2ccc(Br)cc2)c(Cl)c1. The maximum atomic E-state index is 6.20. The summed E-state index contributed by atoms with van der Waals surface area (Å²) in [4.78, 5) is 0. The molecule has 0 spiro atoms. The van der Waals surface area contributed by atoms with Crippen LogP contribution in [0.15, 0.2) is 51.4 Å². The number of rotatable bonds is 6. The highest BCUT2D eigenvalue weighted by molar-refractivity contribution is 9.10. The van der Waals surface area contributed by atoms with Crippen molar-refractivity contribution >= 4 is 62.3 Å². The van der Waals surface area contributed by atoms with E-state index < -0.39 is 0 Å². The van der Waals surface area contributed by atoms with E-state index in [1.807, 2.05) is 24.3 Å². The normalized spacial score (nSPS) is 10.3. The van der Waals surface area contributed by atoms with Crippen molar-refractivity contribution in [2.45, 2.75) is 6.61 Å². The van der Waals surface area contributed by atoms with E-state index in [4.69, 9.17) is 55.9 Å². The third-order valence-corrected chi connectivity index (χ3v) is 4.15. The predicted octanol–water partition coefficient (Wildman–Crippen LogP) is 7.03. The van der Waals surface area contributed by atoms with Crippen molar-refractivity contribution in [2.24, 2.45) is 0 Å². The number of ether oxygens (including phenoxy) is 2. The maximum absolute atomic E-state index is 6.20. The zero-order valence-corrected chi connectivity index (χ0v) is 16.3. The third kappa shape index (κ3) is 6.09. The Labute approximate surface area is 163 Å². The van der Waals surface area contributed by atoms with Crippen LogP contribution in [-0.2, 0) is 6.61 Å². The molecule has 0 aromatic heterocycles. The smallest absolute Gasteiger partial charge is 0.157 e. The van der Waals surface area contributed by atoms with E-state index in [0.717, 1.165) is 10.0 Å². The van der Waals surface area contributed by atoms with Gasteiger partial charge in [-0.3, -0.25) is 0 Å². The van der Waals surface area contributed by atoms with Crippen LogP contribution in [0.4, 0.5) is 0 Å². The van der Waals surface area contributed by atoms with Crippen LogP contribution in [-0.4, -0.2) is 6.61 Å². The van der Waals surface area contributed by atoms with Crippen molar-refractivity contribution < 1.29 is 9.47 Å². The van der Waals surface area contributed by atoms with E-state index in [1.54, 1.807) is 12.1 Å². The van der Waals surface area contributed by atoms with Gasteiger partial charge < -0.3 is 9.47 Å². The second-order valence-electron chi connectivity index (χ2n) is 4.44. The molecule has 0 amide bonds. The molecule has 2 rings (SSSR count). The quantitative estimate of drug-likeness (QED) is 0.464. The molecule has 0 saturated heterocycles. The molecule has 7 heteroatoms. The lowest BCUT2D eigenvalue weighted by Gasteiger charge is -2.12. The average molecular weight is 457 g/mol. The number of hydrogen-bond donors (Lipinski definition) is 0. The molecule has 122 valence electrons. The van der Waals surface area contributed by atoms with Crippen LogP contribution in [0.1, 0.15) is 5.56 Å². The summed E-state index contributed by atoms with van der Waals surface area (Å²) >= 11 is 26.8. The summed E-state index contributed by atoms with van der Waals surface area (Å²) in [6, 6.07) is 11.0. The van der Waals surface area contributed by atoms with Crippen molar-refractivity contribution in [2.75, 3.05) is 6.61 Å². The van der Waals surface area contributed by atoms with Gasteiger partial charge in [-0.25, -0.2) is 0 Å². The fourth-order valence-corrected chi connectivity index (χ4v) is 2.66. The lowest BCUT2D eigenvalue weighted by molar-refractivity contribution is 0.305. The van der Waals surface area contributed by atoms with Gasteiger partial charge in [0.15, 0.2) is 5.75 Å². The Bertz CT molecular complexity index is 675. The van der Waals surface area contributed by atoms with Crippen molar-refractivity contribution in [1.29, 1.82) is 0 Å². The van der Waals surface area contributed by atoms with Gasteiger partial charge in [-0.15, -0.1) is 0 Å². The minimum Gasteiger partial charge on any atom is -0.489 e. The number of hydrogen-bond acceptors (Lipinski definition) is 2. The summed E-state index contributed by atoms with van der Waals surface area (Å²) in [5, 5.41) is 0.733. The predicted molar refractivity (Wildman–Crippen MR) is 100 cm³/mol. The summed E-state index contributed by atoms with van der Waals surface area (Å²) in [6.45, 7) is 0.575. The molecular formula is C16H11BrCl4O2. The van der Waals surface area contributed by atoms with Gasteiger partial charge in [-0.05, 0) is 23.8 Å². The van der Waals surface area contributed by atoms with Gasteiger partial charge in [0.1, 0.15) is 23.5 Å². The molecule has 0 aliphatic heterocycles. The average Bonchev–Trinajstić information content (AvgIpc) is 2.48. The lowest BCUT2D eigenvalue weighted by Crippen LogP contribution is -1.98. The molecule has 0 bridgehead atoms. The minimum atomic E-state index is 0.136. The van der Waals surface area contributed by atoms with E-state index in [2.05, 4.69) is 15.9 Å². The Hall–Kier alpha value is -0.580. The summed E-state index contributed by atoms with van der Waals surface area (Å²) in [5.74, 6) is 0.913. The highest BCUT2D eigenvalue weighted by Gasteiger charge is 2.11. The van der Waals surface area contributed by atoms with Crippen LogP contribution in [0, 0.1) is 0 Å². The van der Waals surface area contributed by atoms with Crippen molar-refractivity contribution in [3.63, 3.8) is 0 Å². The molecule has 2 nitrogen and oxygen atoms in total. The molecule has 23 heavy (non-hydrogen) atoms. The summed E-state index contributed by atoms with van der Waals surface area (Å²) in [5.41, 5.74) is 1.00. The van der Waals surface area contributed by atoms with Gasteiger partial charge >= 0.3 is 0 Å². The molecule has 0 saturated carbocycles. The summed E-state index contributed by atoms with van der Waals surface area (Å²) < 4.78 is 12.3.